The van der Waals surface area contributed by atoms with E-state index < -0.39 is 10.0 Å². The van der Waals surface area contributed by atoms with E-state index in [2.05, 4.69) is 5.16 Å². The number of sulfonamides is 1. The van der Waals surface area contributed by atoms with Crippen molar-refractivity contribution in [3.8, 4) is 0 Å². The second kappa shape index (κ2) is 5.42. The van der Waals surface area contributed by atoms with Gasteiger partial charge in [-0.3, -0.25) is 4.79 Å². The number of aromatic nitrogens is 1. The molecule has 2 heterocycles. The topological polar surface area (TPSA) is 80.5 Å². The zero-order valence-corrected chi connectivity index (χ0v) is 11.9. The van der Waals surface area contributed by atoms with Crippen molar-refractivity contribution in [3.05, 3.63) is 17.5 Å². The summed E-state index contributed by atoms with van der Waals surface area (Å²) in [6.45, 7) is 3.69. The van der Waals surface area contributed by atoms with E-state index in [1.807, 2.05) is 0 Å². The average molecular weight is 286 g/mol. The Morgan fingerprint density at radius 3 is 2.89 bits per heavy atom. The highest BCUT2D eigenvalue weighted by molar-refractivity contribution is 7.88. The van der Waals surface area contributed by atoms with Crippen molar-refractivity contribution in [2.75, 3.05) is 6.54 Å². The minimum Gasteiger partial charge on any atom is -0.361 e. The van der Waals surface area contributed by atoms with Crippen LogP contribution in [0, 0.1) is 6.92 Å². The monoisotopic (exact) mass is 286 g/mol. The van der Waals surface area contributed by atoms with Crippen LogP contribution in [0.2, 0.25) is 0 Å². The number of hydrogen-bond acceptors (Lipinski definition) is 5. The Balaban J connectivity index is 2.12. The lowest BCUT2D eigenvalue weighted by Crippen LogP contribution is -2.37. The van der Waals surface area contributed by atoms with E-state index in [9.17, 15) is 13.2 Å². The van der Waals surface area contributed by atoms with Gasteiger partial charge in [-0.1, -0.05) is 5.16 Å². The van der Waals surface area contributed by atoms with Crippen LogP contribution in [0.4, 0.5) is 0 Å². The molecule has 7 heteroatoms. The quantitative estimate of drug-likeness (QED) is 0.814. The molecule has 1 unspecified atom stereocenters. The summed E-state index contributed by atoms with van der Waals surface area (Å²) in [6, 6.07) is 1.42. The molecule has 0 saturated carbocycles. The van der Waals surface area contributed by atoms with Crippen molar-refractivity contribution in [3.63, 3.8) is 0 Å². The summed E-state index contributed by atoms with van der Waals surface area (Å²) in [4.78, 5) is 11.2. The number of ketones is 1. The molecule has 2 rings (SSSR count). The molecule has 1 aliphatic rings. The van der Waals surface area contributed by atoms with Gasteiger partial charge in [-0.25, -0.2) is 8.42 Å². The van der Waals surface area contributed by atoms with Crippen LogP contribution in [0.15, 0.2) is 10.6 Å². The normalized spacial score (nSPS) is 20.8. The summed E-state index contributed by atoms with van der Waals surface area (Å²) in [5.74, 6) is 0.440. The zero-order valence-electron chi connectivity index (χ0n) is 11.1. The van der Waals surface area contributed by atoms with Gasteiger partial charge in [0.2, 0.25) is 10.0 Å². The average Bonchev–Trinajstić information content (AvgIpc) is 2.86. The molecule has 6 nitrogen and oxygen atoms in total. The highest BCUT2D eigenvalue weighted by atomic mass is 32.2. The fraction of sp³-hybridized carbons (Fsp3) is 0.667. The van der Waals surface area contributed by atoms with Crippen LogP contribution in [-0.4, -0.2) is 36.2 Å². The number of hydrogen-bond donors (Lipinski definition) is 0. The predicted molar refractivity (Wildman–Crippen MR) is 68.9 cm³/mol. The van der Waals surface area contributed by atoms with Crippen molar-refractivity contribution in [1.29, 1.82) is 0 Å². The molecular weight excluding hydrogens is 268 g/mol. The van der Waals surface area contributed by atoms with Crippen LogP contribution in [0.1, 0.15) is 37.6 Å². The fourth-order valence-electron chi connectivity index (χ4n) is 2.47. The van der Waals surface area contributed by atoms with Gasteiger partial charge in [0.1, 0.15) is 23.0 Å². The molecule has 1 atom stereocenters. The summed E-state index contributed by atoms with van der Waals surface area (Å²) in [5.41, 5.74) is 0.408. The Morgan fingerprint density at radius 2 is 2.32 bits per heavy atom. The molecule has 0 radical (unpaired) electrons. The number of carbonyl (C=O) groups is 1. The van der Waals surface area contributed by atoms with E-state index in [1.54, 1.807) is 13.0 Å². The molecule has 1 aromatic rings. The molecule has 0 aromatic carbocycles. The lowest BCUT2D eigenvalue weighted by Gasteiger charge is -2.22. The first-order valence-electron chi connectivity index (χ1n) is 6.29. The molecule has 106 valence electrons. The van der Waals surface area contributed by atoms with Crippen LogP contribution >= 0.6 is 0 Å². The van der Waals surface area contributed by atoms with Gasteiger partial charge in [0.25, 0.3) is 0 Å². The van der Waals surface area contributed by atoms with Crippen LogP contribution in [0.5, 0.6) is 0 Å². The van der Waals surface area contributed by atoms with Gasteiger partial charge < -0.3 is 4.52 Å². The van der Waals surface area contributed by atoms with Gasteiger partial charge >= 0.3 is 0 Å². The number of aryl methyl sites for hydroxylation is 1. The van der Waals surface area contributed by atoms with Gasteiger partial charge in [-0.05, 0) is 26.7 Å². The molecule has 1 aromatic heterocycles. The van der Waals surface area contributed by atoms with Gasteiger partial charge in [-0.15, -0.1) is 0 Å². The molecule has 0 aliphatic carbocycles. The third-order valence-corrected chi connectivity index (χ3v) is 5.07. The minimum atomic E-state index is -3.44. The third kappa shape index (κ3) is 3.42. The molecule has 1 fully saturated rings. The summed E-state index contributed by atoms with van der Waals surface area (Å²) < 4.78 is 31.0. The van der Waals surface area contributed by atoms with Crippen LogP contribution in [0.25, 0.3) is 0 Å². The van der Waals surface area contributed by atoms with Crippen LogP contribution in [-0.2, 0) is 20.6 Å². The smallest absolute Gasteiger partial charge is 0.220 e. The fourth-order valence-corrected chi connectivity index (χ4v) is 4.18. The van der Waals surface area contributed by atoms with Gasteiger partial charge in [0.15, 0.2) is 0 Å². The Morgan fingerprint density at radius 1 is 1.58 bits per heavy atom. The van der Waals surface area contributed by atoms with E-state index in [4.69, 9.17) is 4.52 Å². The largest absolute Gasteiger partial charge is 0.361 e. The van der Waals surface area contributed by atoms with E-state index >= 15 is 0 Å². The number of rotatable bonds is 5. The lowest BCUT2D eigenvalue weighted by molar-refractivity contribution is -0.117. The van der Waals surface area contributed by atoms with Gasteiger partial charge in [-0.2, -0.15) is 4.31 Å². The molecule has 0 amide bonds. The molecule has 19 heavy (non-hydrogen) atoms. The summed E-state index contributed by atoms with van der Waals surface area (Å²) >= 11 is 0. The van der Waals surface area contributed by atoms with Crippen molar-refractivity contribution in [2.24, 2.45) is 0 Å². The standard InChI is InChI=1S/C12H18N2O4S/c1-9(15)6-12-4-3-5-14(12)19(16,17)8-11-7-10(2)18-13-11/h7,12H,3-6,8H2,1-2H3. The summed E-state index contributed by atoms with van der Waals surface area (Å²) in [7, 11) is -3.44. The minimum absolute atomic E-state index is 0.0179. The van der Waals surface area contributed by atoms with Gasteiger partial charge in [0, 0.05) is 25.1 Å². The van der Waals surface area contributed by atoms with E-state index in [0.717, 1.165) is 12.8 Å². The maximum atomic E-state index is 12.3. The second-order valence-corrected chi connectivity index (χ2v) is 6.92. The summed E-state index contributed by atoms with van der Waals surface area (Å²) in [6.07, 6.45) is 1.84. The maximum absolute atomic E-state index is 12.3. The Hall–Kier alpha value is -1.21. The SMILES string of the molecule is CC(=O)CC1CCCN1S(=O)(=O)Cc1cc(C)on1. The highest BCUT2D eigenvalue weighted by Crippen LogP contribution is 2.25. The number of nitrogens with zero attached hydrogens (tertiary/aromatic N) is 2. The Bertz CT molecular complexity index is 564. The lowest BCUT2D eigenvalue weighted by atomic mass is 10.1. The molecular formula is C12H18N2O4S. The maximum Gasteiger partial charge on any atom is 0.220 e. The van der Waals surface area contributed by atoms with Crippen LogP contribution < -0.4 is 0 Å². The summed E-state index contributed by atoms with van der Waals surface area (Å²) in [5, 5.41) is 3.71. The van der Waals surface area contributed by atoms with Crippen molar-refractivity contribution in [1.82, 2.24) is 9.46 Å². The van der Waals surface area contributed by atoms with Crippen molar-refractivity contribution < 1.29 is 17.7 Å². The van der Waals surface area contributed by atoms with E-state index in [-0.39, 0.29) is 24.0 Å². The van der Waals surface area contributed by atoms with Gasteiger partial charge in [0.05, 0.1) is 0 Å². The zero-order chi connectivity index (χ0) is 14.0. The third-order valence-electron chi connectivity index (χ3n) is 3.21. The van der Waals surface area contributed by atoms with Crippen molar-refractivity contribution in [2.45, 2.75) is 44.9 Å². The number of carbonyl (C=O) groups excluding carboxylic acids is 1. The molecule has 1 aliphatic heterocycles. The Labute approximate surface area is 112 Å². The van der Waals surface area contributed by atoms with Crippen LogP contribution in [0.3, 0.4) is 0 Å². The van der Waals surface area contributed by atoms with Crippen molar-refractivity contribution >= 4 is 15.8 Å². The first kappa shape index (κ1) is 14.2. The number of Topliss-reactive ketones (excluding diaryl/α,β-unsaturated/α-hetero) is 1. The Kier molecular flexibility index (Phi) is 4.05. The first-order valence-corrected chi connectivity index (χ1v) is 7.90. The molecule has 0 N–H and O–H groups in total. The molecule has 1 saturated heterocycles. The van der Waals surface area contributed by atoms with E-state index in [0.29, 0.717) is 18.0 Å². The molecule has 0 spiro atoms. The second-order valence-electron chi connectivity index (χ2n) is 5.00. The highest BCUT2D eigenvalue weighted by Gasteiger charge is 2.35. The first-order chi connectivity index (χ1) is 8.88. The predicted octanol–water partition coefficient (Wildman–Crippen LogP) is 1.26. The van der Waals surface area contributed by atoms with E-state index in [1.165, 1.54) is 11.2 Å². The molecule has 0 bridgehead atoms.